The highest BCUT2D eigenvalue weighted by Gasteiger charge is 2.20. The zero-order chi connectivity index (χ0) is 21.5. The Hall–Kier alpha value is -2.89. The Morgan fingerprint density at radius 1 is 1.13 bits per heavy atom. The highest BCUT2D eigenvalue weighted by molar-refractivity contribution is 6.32. The van der Waals surface area contributed by atoms with Gasteiger partial charge in [-0.1, -0.05) is 72.3 Å². The van der Waals surface area contributed by atoms with E-state index in [2.05, 4.69) is 34.6 Å². The van der Waals surface area contributed by atoms with Gasteiger partial charge in [0.1, 0.15) is 11.1 Å². The van der Waals surface area contributed by atoms with Crippen molar-refractivity contribution in [2.24, 2.45) is 0 Å². The van der Waals surface area contributed by atoms with Crippen molar-refractivity contribution in [3.63, 3.8) is 0 Å². The van der Waals surface area contributed by atoms with Crippen LogP contribution in [0, 0.1) is 0 Å². The third kappa shape index (κ3) is 5.63. The summed E-state index contributed by atoms with van der Waals surface area (Å²) in [5.41, 5.74) is 2.87. The molecule has 4 rings (SSSR count). The van der Waals surface area contributed by atoms with Crippen LogP contribution in [0.5, 0.6) is 5.88 Å². The van der Waals surface area contributed by atoms with E-state index in [-0.39, 0.29) is 17.9 Å². The number of aromatic nitrogens is 1. The second-order valence-electron chi connectivity index (χ2n) is 7.53. The van der Waals surface area contributed by atoms with Crippen molar-refractivity contribution in [2.45, 2.75) is 24.9 Å². The molecular weight excluding hydrogens is 412 g/mol. The third-order valence-electron chi connectivity index (χ3n) is 5.36. The Kier molecular flexibility index (Phi) is 7.18. The molecule has 1 aliphatic rings. The van der Waals surface area contributed by atoms with Gasteiger partial charge < -0.3 is 14.8 Å². The van der Waals surface area contributed by atoms with Gasteiger partial charge in [0.2, 0.25) is 5.88 Å². The van der Waals surface area contributed by atoms with Crippen LogP contribution >= 0.6 is 11.6 Å². The first-order chi connectivity index (χ1) is 15.2. The van der Waals surface area contributed by atoms with Crippen molar-refractivity contribution < 1.29 is 14.3 Å². The van der Waals surface area contributed by atoms with Crippen molar-refractivity contribution in [3.05, 3.63) is 94.6 Å². The lowest BCUT2D eigenvalue weighted by atomic mass is 9.88. The molecule has 1 atom stereocenters. The maximum Gasteiger partial charge on any atom is 0.252 e. The van der Waals surface area contributed by atoms with Crippen LogP contribution in [0.4, 0.5) is 0 Å². The first-order valence-corrected chi connectivity index (χ1v) is 10.9. The summed E-state index contributed by atoms with van der Waals surface area (Å²) in [5.74, 6) is 0.334. The normalized spacial score (nSPS) is 15.7. The summed E-state index contributed by atoms with van der Waals surface area (Å²) in [4.78, 5) is 16.9. The average Bonchev–Trinajstić information content (AvgIpc) is 3.32. The van der Waals surface area contributed by atoms with Crippen LogP contribution in [0.1, 0.15) is 40.2 Å². The van der Waals surface area contributed by atoms with Crippen LogP contribution < -0.4 is 10.1 Å². The van der Waals surface area contributed by atoms with Gasteiger partial charge in [-0.15, -0.1) is 0 Å². The number of carbonyl (C=O) groups is 1. The molecule has 0 spiro atoms. The van der Waals surface area contributed by atoms with Crippen molar-refractivity contribution in [1.29, 1.82) is 0 Å². The number of hydrogen-bond acceptors (Lipinski definition) is 4. The second-order valence-corrected chi connectivity index (χ2v) is 7.94. The van der Waals surface area contributed by atoms with Crippen molar-refractivity contribution in [3.8, 4) is 5.88 Å². The molecule has 2 aromatic carbocycles. The van der Waals surface area contributed by atoms with Gasteiger partial charge in [-0.2, -0.15) is 0 Å². The molecule has 0 bridgehead atoms. The molecule has 1 aromatic heterocycles. The van der Waals surface area contributed by atoms with E-state index in [4.69, 9.17) is 21.1 Å². The van der Waals surface area contributed by atoms with E-state index in [9.17, 15) is 4.79 Å². The van der Waals surface area contributed by atoms with Crippen LogP contribution in [-0.2, 0) is 4.74 Å². The minimum Gasteiger partial charge on any atom is -0.471 e. The van der Waals surface area contributed by atoms with Crippen LogP contribution in [0.3, 0.4) is 0 Å². The number of benzene rings is 2. The summed E-state index contributed by atoms with van der Waals surface area (Å²) in [6.07, 6.45) is 3.05. The van der Waals surface area contributed by atoms with E-state index >= 15 is 0 Å². The van der Waals surface area contributed by atoms with Gasteiger partial charge in [-0.05, 0) is 23.6 Å². The monoisotopic (exact) mass is 436 g/mol. The van der Waals surface area contributed by atoms with E-state index in [1.54, 1.807) is 6.07 Å². The molecule has 1 fully saturated rings. The molecule has 0 radical (unpaired) electrons. The summed E-state index contributed by atoms with van der Waals surface area (Å²) in [7, 11) is 0. The van der Waals surface area contributed by atoms with Gasteiger partial charge in [0, 0.05) is 25.1 Å². The van der Waals surface area contributed by atoms with Crippen LogP contribution in [0.2, 0.25) is 5.02 Å². The van der Waals surface area contributed by atoms with E-state index < -0.39 is 0 Å². The predicted octanol–water partition coefficient (Wildman–Crippen LogP) is 4.85. The molecule has 160 valence electrons. The Morgan fingerprint density at radius 2 is 1.81 bits per heavy atom. The maximum absolute atomic E-state index is 12.6. The number of pyridine rings is 1. The lowest BCUT2D eigenvalue weighted by molar-refractivity contribution is 0.0952. The lowest BCUT2D eigenvalue weighted by Gasteiger charge is -2.18. The van der Waals surface area contributed by atoms with Gasteiger partial charge in [0.15, 0.2) is 0 Å². The smallest absolute Gasteiger partial charge is 0.252 e. The Morgan fingerprint density at radius 3 is 2.39 bits per heavy atom. The number of nitrogens with zero attached hydrogens (tertiary/aromatic N) is 1. The minimum atomic E-state index is -0.204. The highest BCUT2D eigenvalue weighted by Crippen LogP contribution is 2.28. The number of rotatable bonds is 8. The van der Waals surface area contributed by atoms with Gasteiger partial charge in [-0.3, -0.25) is 4.79 Å². The average molecular weight is 437 g/mol. The zero-order valence-electron chi connectivity index (χ0n) is 17.2. The Balaban J connectivity index is 1.37. The fourth-order valence-corrected chi connectivity index (χ4v) is 3.94. The lowest BCUT2D eigenvalue weighted by Crippen LogP contribution is -2.26. The molecule has 1 aliphatic heterocycles. The Labute approximate surface area is 187 Å². The molecule has 0 saturated carbocycles. The van der Waals surface area contributed by atoms with Crippen LogP contribution in [0.25, 0.3) is 0 Å². The van der Waals surface area contributed by atoms with E-state index in [0.717, 1.165) is 12.8 Å². The SMILES string of the molecule is O=C(NCCC(c1ccccc1)c1ccccc1)c1cnc(OC2CCOC2)c(Cl)c1. The van der Waals surface area contributed by atoms with Crippen LogP contribution in [-0.4, -0.2) is 36.8 Å². The first kappa shape index (κ1) is 21.3. The van der Waals surface area contributed by atoms with Crippen molar-refractivity contribution in [2.75, 3.05) is 19.8 Å². The molecule has 1 N–H and O–H groups in total. The molecule has 0 aliphatic carbocycles. The quantitative estimate of drug-likeness (QED) is 0.548. The van der Waals surface area contributed by atoms with Crippen molar-refractivity contribution >= 4 is 17.5 Å². The molecular formula is C25H25ClN2O3. The first-order valence-electron chi connectivity index (χ1n) is 10.5. The summed E-state index contributed by atoms with van der Waals surface area (Å²) < 4.78 is 11.1. The van der Waals surface area contributed by atoms with Gasteiger partial charge in [0.25, 0.3) is 5.91 Å². The minimum absolute atomic E-state index is 0.0439. The van der Waals surface area contributed by atoms with E-state index in [0.29, 0.717) is 36.2 Å². The molecule has 1 unspecified atom stereocenters. The molecule has 6 heteroatoms. The molecule has 5 nitrogen and oxygen atoms in total. The summed E-state index contributed by atoms with van der Waals surface area (Å²) in [6, 6.07) is 22.3. The summed E-state index contributed by atoms with van der Waals surface area (Å²) in [6.45, 7) is 1.74. The summed E-state index contributed by atoms with van der Waals surface area (Å²) >= 11 is 6.29. The van der Waals surface area contributed by atoms with Gasteiger partial charge >= 0.3 is 0 Å². The fraction of sp³-hybridized carbons (Fsp3) is 0.280. The number of amides is 1. The zero-order valence-corrected chi connectivity index (χ0v) is 17.9. The number of ether oxygens (including phenoxy) is 2. The molecule has 1 saturated heterocycles. The molecule has 3 aromatic rings. The van der Waals surface area contributed by atoms with E-state index in [1.165, 1.54) is 17.3 Å². The highest BCUT2D eigenvalue weighted by atomic mass is 35.5. The number of hydrogen-bond donors (Lipinski definition) is 1. The third-order valence-corrected chi connectivity index (χ3v) is 5.63. The van der Waals surface area contributed by atoms with Gasteiger partial charge in [-0.25, -0.2) is 4.98 Å². The van der Waals surface area contributed by atoms with E-state index in [1.807, 2.05) is 36.4 Å². The summed E-state index contributed by atoms with van der Waals surface area (Å²) in [5, 5.41) is 3.32. The molecule has 1 amide bonds. The molecule has 31 heavy (non-hydrogen) atoms. The topological polar surface area (TPSA) is 60.5 Å². The van der Waals surface area contributed by atoms with Gasteiger partial charge in [0.05, 0.1) is 18.8 Å². The molecule has 2 heterocycles. The number of carbonyl (C=O) groups excluding carboxylic acids is 1. The van der Waals surface area contributed by atoms with Crippen molar-refractivity contribution in [1.82, 2.24) is 10.3 Å². The Bertz CT molecular complexity index is 953. The fourth-order valence-electron chi connectivity index (χ4n) is 3.73. The second kappa shape index (κ2) is 10.4. The maximum atomic E-state index is 12.6. The van der Waals surface area contributed by atoms with Crippen LogP contribution in [0.15, 0.2) is 72.9 Å². The standard InChI is InChI=1S/C25H25ClN2O3/c26-23-15-20(16-28-25(23)31-21-12-14-30-17-21)24(29)27-13-11-22(18-7-3-1-4-8-18)19-9-5-2-6-10-19/h1-10,15-16,21-22H,11-14,17H2,(H,27,29). The predicted molar refractivity (Wildman–Crippen MR) is 121 cm³/mol. The number of halogens is 1. The number of nitrogens with one attached hydrogen (secondary N) is 1. The largest absolute Gasteiger partial charge is 0.471 e.